The third-order valence-corrected chi connectivity index (χ3v) is 4.01. The first kappa shape index (κ1) is 11.0. The summed E-state index contributed by atoms with van der Waals surface area (Å²) in [5, 5.41) is 1.96. The van der Waals surface area contributed by atoms with Gasteiger partial charge in [0, 0.05) is 9.86 Å². The van der Waals surface area contributed by atoms with Crippen molar-refractivity contribution in [2.75, 3.05) is 0 Å². The van der Waals surface area contributed by atoms with Crippen molar-refractivity contribution in [1.82, 2.24) is 9.97 Å². The quantitative estimate of drug-likeness (QED) is 0.739. The van der Waals surface area contributed by atoms with Crippen molar-refractivity contribution in [2.45, 2.75) is 6.61 Å². The van der Waals surface area contributed by atoms with Gasteiger partial charge in [-0.15, -0.1) is 11.3 Å². The lowest BCUT2D eigenvalue weighted by molar-refractivity contribution is 0.124. The van der Waals surface area contributed by atoms with Gasteiger partial charge in [-0.1, -0.05) is 22.0 Å². The van der Waals surface area contributed by atoms with Crippen molar-refractivity contribution in [2.24, 2.45) is 5.90 Å². The van der Waals surface area contributed by atoms with Crippen LogP contribution in [0.25, 0.3) is 21.1 Å². The molecule has 6 heteroatoms. The van der Waals surface area contributed by atoms with Gasteiger partial charge in [-0.05, 0) is 12.1 Å². The van der Waals surface area contributed by atoms with Crippen LogP contribution in [0.3, 0.4) is 0 Å². The molecule has 2 aromatic heterocycles. The van der Waals surface area contributed by atoms with E-state index in [0.29, 0.717) is 6.61 Å². The zero-order valence-corrected chi connectivity index (χ0v) is 11.1. The monoisotopic (exact) mass is 309 g/mol. The molecule has 0 radical (unpaired) electrons. The minimum absolute atomic E-state index is 0.331. The Morgan fingerprint density at radius 2 is 2.24 bits per heavy atom. The molecular weight excluding hydrogens is 302 g/mol. The van der Waals surface area contributed by atoms with Crippen molar-refractivity contribution in [3.8, 4) is 0 Å². The average molecular weight is 310 g/mol. The van der Waals surface area contributed by atoms with Gasteiger partial charge in [0.25, 0.3) is 0 Å². The largest absolute Gasteiger partial charge is 0.297 e. The first-order valence-corrected chi connectivity index (χ1v) is 6.54. The summed E-state index contributed by atoms with van der Waals surface area (Å²) in [6, 6.07) is 6.04. The highest BCUT2D eigenvalue weighted by atomic mass is 79.9. The van der Waals surface area contributed by atoms with Crippen molar-refractivity contribution in [3.05, 3.63) is 33.9 Å². The highest BCUT2D eigenvalue weighted by Gasteiger charge is 2.08. The molecule has 0 amide bonds. The van der Waals surface area contributed by atoms with Gasteiger partial charge in [-0.3, -0.25) is 9.82 Å². The van der Waals surface area contributed by atoms with Gasteiger partial charge >= 0.3 is 0 Å². The van der Waals surface area contributed by atoms with Crippen LogP contribution in [0.15, 0.2) is 28.9 Å². The third-order valence-electron chi connectivity index (χ3n) is 2.43. The van der Waals surface area contributed by atoms with Gasteiger partial charge in [0.05, 0.1) is 16.4 Å². The van der Waals surface area contributed by atoms with E-state index in [2.05, 4.69) is 30.7 Å². The number of halogens is 1. The molecule has 0 unspecified atom stereocenters. The smallest absolute Gasteiger partial charge is 0.122 e. The second-order valence-electron chi connectivity index (χ2n) is 3.55. The summed E-state index contributed by atoms with van der Waals surface area (Å²) in [4.78, 5) is 13.4. The average Bonchev–Trinajstić information content (AvgIpc) is 2.72. The molecule has 4 nitrogen and oxygen atoms in total. The number of rotatable bonds is 2. The minimum Gasteiger partial charge on any atom is -0.297 e. The Kier molecular flexibility index (Phi) is 2.79. The van der Waals surface area contributed by atoms with E-state index in [-0.39, 0.29) is 0 Å². The fourth-order valence-corrected chi connectivity index (χ4v) is 3.07. The number of nitrogens with zero attached hydrogens (tertiary/aromatic N) is 2. The normalized spacial score (nSPS) is 11.4. The van der Waals surface area contributed by atoms with Gasteiger partial charge in [0.15, 0.2) is 0 Å². The van der Waals surface area contributed by atoms with Crippen LogP contribution in [-0.2, 0) is 11.4 Å². The molecule has 0 aliphatic carbocycles. The molecule has 0 fully saturated rings. The molecular formula is C11H8BrN3OS. The van der Waals surface area contributed by atoms with E-state index in [1.54, 1.807) is 17.5 Å². The summed E-state index contributed by atoms with van der Waals surface area (Å²) in [6.45, 7) is 0.331. The van der Waals surface area contributed by atoms with Gasteiger partial charge < -0.3 is 0 Å². The highest BCUT2D eigenvalue weighted by molar-refractivity contribution is 9.10. The van der Waals surface area contributed by atoms with E-state index in [1.807, 2.05) is 18.2 Å². The van der Waals surface area contributed by atoms with E-state index in [0.717, 1.165) is 30.6 Å². The van der Waals surface area contributed by atoms with Crippen molar-refractivity contribution < 1.29 is 4.84 Å². The number of benzene rings is 1. The minimum atomic E-state index is 0.331. The van der Waals surface area contributed by atoms with E-state index in [1.165, 1.54) is 0 Å². The molecule has 0 saturated carbocycles. The first-order chi connectivity index (χ1) is 8.28. The van der Waals surface area contributed by atoms with Gasteiger partial charge in [-0.2, -0.15) is 0 Å². The molecule has 1 aromatic carbocycles. The molecule has 3 rings (SSSR count). The second-order valence-corrected chi connectivity index (χ2v) is 5.55. The lowest BCUT2D eigenvalue weighted by atomic mass is 10.2. The summed E-state index contributed by atoms with van der Waals surface area (Å²) in [6.07, 6.45) is 1.78. The molecule has 0 atom stereocenters. The zero-order chi connectivity index (χ0) is 11.8. The predicted molar refractivity (Wildman–Crippen MR) is 71.6 cm³/mol. The fourth-order valence-electron chi connectivity index (χ4n) is 1.73. The van der Waals surface area contributed by atoms with Crippen LogP contribution >= 0.6 is 27.3 Å². The molecule has 86 valence electrons. The van der Waals surface area contributed by atoms with Crippen LogP contribution in [0.1, 0.15) is 5.01 Å². The van der Waals surface area contributed by atoms with Gasteiger partial charge in [0.2, 0.25) is 0 Å². The zero-order valence-electron chi connectivity index (χ0n) is 8.68. The fraction of sp³-hybridized carbons (Fsp3) is 0.0909. The van der Waals surface area contributed by atoms with Crippen LogP contribution in [-0.4, -0.2) is 9.97 Å². The molecule has 2 heterocycles. The summed E-state index contributed by atoms with van der Waals surface area (Å²) in [5.41, 5.74) is 1.84. The third kappa shape index (κ3) is 1.93. The highest BCUT2D eigenvalue weighted by Crippen LogP contribution is 2.30. The summed E-state index contributed by atoms with van der Waals surface area (Å²) >= 11 is 5.02. The van der Waals surface area contributed by atoms with E-state index in [4.69, 9.17) is 5.90 Å². The number of aromatic nitrogens is 2. The lowest BCUT2D eigenvalue weighted by Crippen LogP contribution is -1.97. The molecule has 0 bridgehead atoms. The molecule has 0 spiro atoms. The predicted octanol–water partition coefficient (Wildman–Crippen LogP) is 3.00. The molecule has 3 aromatic rings. The topological polar surface area (TPSA) is 61.0 Å². The maximum atomic E-state index is 5.06. The van der Waals surface area contributed by atoms with Gasteiger partial charge in [-0.25, -0.2) is 10.9 Å². The Balaban J connectivity index is 2.31. The van der Waals surface area contributed by atoms with Crippen LogP contribution in [0, 0.1) is 0 Å². The van der Waals surface area contributed by atoms with E-state index < -0.39 is 0 Å². The Hall–Kier alpha value is -1.08. The molecule has 2 N–H and O–H groups in total. The number of hydrogen-bond acceptors (Lipinski definition) is 5. The number of pyridine rings is 1. The molecule has 17 heavy (non-hydrogen) atoms. The van der Waals surface area contributed by atoms with Crippen LogP contribution in [0.4, 0.5) is 0 Å². The van der Waals surface area contributed by atoms with Crippen LogP contribution < -0.4 is 5.90 Å². The maximum Gasteiger partial charge on any atom is 0.122 e. The second kappa shape index (κ2) is 4.30. The van der Waals surface area contributed by atoms with Crippen molar-refractivity contribution in [1.29, 1.82) is 0 Å². The number of thiazole rings is 1. The Labute approximate surface area is 110 Å². The SMILES string of the molecule is NOCc1nc2cnc3cc(Br)ccc3c2s1. The van der Waals surface area contributed by atoms with Gasteiger partial charge in [0.1, 0.15) is 17.1 Å². The Morgan fingerprint density at radius 1 is 1.35 bits per heavy atom. The van der Waals surface area contributed by atoms with Crippen molar-refractivity contribution in [3.63, 3.8) is 0 Å². The standard InChI is InChI=1S/C11H8BrN3OS/c12-6-1-2-7-8(3-6)14-4-9-11(7)17-10(15-9)5-16-13/h1-4H,5,13H2. The Morgan fingerprint density at radius 3 is 3.06 bits per heavy atom. The van der Waals surface area contributed by atoms with Crippen LogP contribution in [0.2, 0.25) is 0 Å². The molecule has 0 aliphatic rings. The maximum absolute atomic E-state index is 5.06. The number of hydrogen-bond donors (Lipinski definition) is 1. The lowest BCUT2D eigenvalue weighted by Gasteiger charge is -1.97. The van der Waals surface area contributed by atoms with E-state index >= 15 is 0 Å². The van der Waals surface area contributed by atoms with E-state index in [9.17, 15) is 0 Å². The summed E-state index contributed by atoms with van der Waals surface area (Å²) < 4.78 is 2.14. The number of fused-ring (bicyclic) bond motifs is 3. The Bertz CT molecular complexity index is 698. The number of nitrogens with two attached hydrogens (primary N) is 1. The first-order valence-electron chi connectivity index (χ1n) is 4.93. The molecule has 0 aliphatic heterocycles. The van der Waals surface area contributed by atoms with Crippen LogP contribution in [0.5, 0.6) is 0 Å². The summed E-state index contributed by atoms with van der Waals surface area (Å²) in [5.74, 6) is 5.06. The van der Waals surface area contributed by atoms with Crippen molar-refractivity contribution >= 4 is 48.4 Å². The molecule has 0 saturated heterocycles. The summed E-state index contributed by atoms with van der Waals surface area (Å²) in [7, 11) is 0.